The molecule has 3 N–H and O–H groups in total. The number of rotatable bonds is 4. The van der Waals surface area contributed by atoms with Crippen molar-refractivity contribution in [3.8, 4) is 0 Å². The van der Waals surface area contributed by atoms with Crippen LogP contribution in [0.2, 0.25) is 0 Å². The zero-order chi connectivity index (χ0) is 13.5. The van der Waals surface area contributed by atoms with E-state index in [0.717, 1.165) is 25.7 Å². The number of nitrogens with zero attached hydrogens (tertiary/aromatic N) is 3. The van der Waals surface area contributed by atoms with Gasteiger partial charge in [0.25, 0.3) is 10.2 Å². The van der Waals surface area contributed by atoms with Crippen molar-refractivity contribution >= 4 is 16.0 Å². The highest BCUT2D eigenvalue weighted by molar-refractivity contribution is 7.87. The van der Waals surface area contributed by atoms with Gasteiger partial charge in [0.05, 0.1) is 6.04 Å². The molecule has 2 aliphatic rings. The third-order valence-corrected chi connectivity index (χ3v) is 5.34. The lowest BCUT2D eigenvalue weighted by molar-refractivity contribution is 0.259. The normalized spacial score (nSPS) is 22.7. The average molecular weight is 285 g/mol. The molecule has 0 atom stereocenters. The molecule has 7 nitrogen and oxygen atoms in total. The van der Waals surface area contributed by atoms with Gasteiger partial charge in [-0.25, -0.2) is 0 Å². The Labute approximate surface area is 112 Å². The van der Waals surface area contributed by atoms with Crippen molar-refractivity contribution < 1.29 is 8.42 Å². The first-order valence-electron chi connectivity index (χ1n) is 6.62. The third kappa shape index (κ3) is 2.90. The van der Waals surface area contributed by atoms with Gasteiger partial charge in [-0.2, -0.15) is 22.5 Å². The number of anilines is 1. The van der Waals surface area contributed by atoms with Crippen molar-refractivity contribution in [1.82, 2.24) is 18.8 Å². The number of piperidine rings is 1. The van der Waals surface area contributed by atoms with E-state index in [1.54, 1.807) is 6.07 Å². The topological polar surface area (TPSA) is 93.2 Å². The van der Waals surface area contributed by atoms with Gasteiger partial charge in [-0.1, -0.05) is 0 Å². The summed E-state index contributed by atoms with van der Waals surface area (Å²) in [6.07, 6.45) is 5.32. The summed E-state index contributed by atoms with van der Waals surface area (Å²) < 4.78 is 30.2. The predicted octanol–water partition coefficient (Wildman–Crippen LogP) is 0.0990. The van der Waals surface area contributed by atoms with Crippen LogP contribution in [0, 0.1) is 0 Å². The summed E-state index contributed by atoms with van der Waals surface area (Å²) in [5, 5.41) is 4.19. The number of hydrogen-bond acceptors (Lipinski definition) is 4. The molecule has 19 heavy (non-hydrogen) atoms. The monoisotopic (exact) mass is 285 g/mol. The van der Waals surface area contributed by atoms with Gasteiger partial charge in [-0.05, 0) is 31.7 Å². The maximum absolute atomic E-state index is 12.1. The molecule has 2 fully saturated rings. The zero-order valence-electron chi connectivity index (χ0n) is 10.7. The summed E-state index contributed by atoms with van der Waals surface area (Å²) in [7, 11) is -3.29. The fourth-order valence-corrected chi connectivity index (χ4v) is 3.89. The van der Waals surface area contributed by atoms with Crippen molar-refractivity contribution in [2.45, 2.75) is 37.8 Å². The quantitative estimate of drug-likeness (QED) is 0.820. The molecule has 8 heteroatoms. The Balaban J connectivity index is 1.59. The Bertz CT molecular complexity index is 543. The van der Waals surface area contributed by atoms with Crippen LogP contribution >= 0.6 is 0 Å². The van der Waals surface area contributed by atoms with Crippen LogP contribution in [0.4, 0.5) is 5.82 Å². The molecule has 1 aromatic heterocycles. The molecule has 0 unspecified atom stereocenters. The number of aromatic nitrogens is 2. The molecule has 2 heterocycles. The summed E-state index contributed by atoms with van der Waals surface area (Å²) in [4.78, 5) is 0. The molecular weight excluding hydrogens is 266 g/mol. The van der Waals surface area contributed by atoms with Crippen LogP contribution in [0.15, 0.2) is 12.3 Å². The summed E-state index contributed by atoms with van der Waals surface area (Å²) >= 11 is 0. The molecule has 1 aliphatic carbocycles. The standard InChI is InChI=1S/C11H19N5O2S/c12-11-5-8-16(13-11)10-3-6-15(7-4-10)19(17,18)14-9-1-2-9/h5,8-10,14H,1-4,6-7H2,(H2,12,13). The molecule has 1 saturated heterocycles. The Kier molecular flexibility index (Phi) is 3.23. The zero-order valence-corrected chi connectivity index (χ0v) is 11.5. The van der Waals surface area contributed by atoms with E-state index in [0.29, 0.717) is 18.9 Å². The number of hydrogen-bond donors (Lipinski definition) is 2. The van der Waals surface area contributed by atoms with Crippen LogP contribution in [0.3, 0.4) is 0 Å². The molecule has 0 amide bonds. The van der Waals surface area contributed by atoms with E-state index in [1.807, 2.05) is 10.9 Å². The van der Waals surface area contributed by atoms with E-state index < -0.39 is 10.2 Å². The molecule has 0 spiro atoms. The molecule has 1 aromatic rings. The number of nitrogen functional groups attached to an aromatic ring is 1. The van der Waals surface area contributed by atoms with Crippen molar-refractivity contribution in [2.24, 2.45) is 0 Å². The molecule has 0 bridgehead atoms. The van der Waals surface area contributed by atoms with E-state index in [9.17, 15) is 8.42 Å². The van der Waals surface area contributed by atoms with E-state index >= 15 is 0 Å². The van der Waals surface area contributed by atoms with Gasteiger partial charge in [0.15, 0.2) is 0 Å². The molecule has 3 rings (SSSR count). The van der Waals surface area contributed by atoms with Gasteiger partial charge in [0, 0.05) is 25.3 Å². The lowest BCUT2D eigenvalue weighted by atomic mass is 10.1. The predicted molar refractivity (Wildman–Crippen MR) is 71.6 cm³/mol. The van der Waals surface area contributed by atoms with E-state index in [1.165, 1.54) is 4.31 Å². The van der Waals surface area contributed by atoms with Gasteiger partial charge in [0.1, 0.15) is 5.82 Å². The first kappa shape index (κ1) is 12.9. The van der Waals surface area contributed by atoms with Gasteiger partial charge in [0.2, 0.25) is 0 Å². The van der Waals surface area contributed by atoms with Gasteiger partial charge in [-0.3, -0.25) is 4.68 Å². The fourth-order valence-electron chi connectivity index (χ4n) is 2.39. The maximum Gasteiger partial charge on any atom is 0.279 e. The number of nitrogens with two attached hydrogens (primary N) is 1. The van der Waals surface area contributed by atoms with Crippen molar-refractivity contribution in [1.29, 1.82) is 0 Å². The summed E-state index contributed by atoms with van der Waals surface area (Å²) in [6.45, 7) is 1.07. The highest BCUT2D eigenvalue weighted by Crippen LogP contribution is 2.25. The summed E-state index contributed by atoms with van der Waals surface area (Å²) in [5.74, 6) is 0.505. The first-order valence-corrected chi connectivity index (χ1v) is 8.06. The highest BCUT2D eigenvalue weighted by atomic mass is 32.2. The van der Waals surface area contributed by atoms with Crippen LogP contribution in [-0.2, 0) is 10.2 Å². The minimum atomic E-state index is -3.29. The van der Waals surface area contributed by atoms with Crippen LogP contribution in [0.25, 0.3) is 0 Å². The van der Waals surface area contributed by atoms with Crippen LogP contribution in [-0.4, -0.2) is 41.6 Å². The fraction of sp³-hybridized carbons (Fsp3) is 0.727. The first-order chi connectivity index (χ1) is 9.04. The summed E-state index contributed by atoms with van der Waals surface area (Å²) in [5.41, 5.74) is 5.60. The molecular formula is C11H19N5O2S. The SMILES string of the molecule is Nc1ccn(C2CCN(S(=O)(=O)NC3CC3)CC2)n1. The van der Waals surface area contributed by atoms with Crippen LogP contribution < -0.4 is 10.5 Å². The summed E-state index contributed by atoms with van der Waals surface area (Å²) in [6, 6.07) is 2.16. The maximum atomic E-state index is 12.1. The Morgan fingerprint density at radius 1 is 1.26 bits per heavy atom. The van der Waals surface area contributed by atoms with Crippen molar-refractivity contribution in [3.63, 3.8) is 0 Å². The van der Waals surface area contributed by atoms with Crippen LogP contribution in [0.1, 0.15) is 31.7 Å². The molecule has 1 saturated carbocycles. The molecule has 1 aliphatic heterocycles. The molecule has 0 radical (unpaired) electrons. The smallest absolute Gasteiger partial charge is 0.279 e. The minimum Gasteiger partial charge on any atom is -0.382 e. The third-order valence-electron chi connectivity index (χ3n) is 3.66. The van der Waals surface area contributed by atoms with Crippen molar-refractivity contribution in [3.05, 3.63) is 12.3 Å². The Hall–Kier alpha value is -1.12. The Morgan fingerprint density at radius 2 is 1.95 bits per heavy atom. The lowest BCUT2D eigenvalue weighted by Crippen LogP contribution is -2.45. The molecule has 106 valence electrons. The number of nitrogens with one attached hydrogen (secondary N) is 1. The minimum absolute atomic E-state index is 0.161. The molecule has 0 aromatic carbocycles. The highest BCUT2D eigenvalue weighted by Gasteiger charge is 2.33. The second-order valence-electron chi connectivity index (χ2n) is 5.25. The second-order valence-corrected chi connectivity index (χ2v) is 6.95. The van der Waals surface area contributed by atoms with E-state index in [-0.39, 0.29) is 12.1 Å². The second kappa shape index (κ2) is 4.77. The lowest BCUT2D eigenvalue weighted by Gasteiger charge is -2.31. The Morgan fingerprint density at radius 3 is 2.47 bits per heavy atom. The van der Waals surface area contributed by atoms with Gasteiger partial charge < -0.3 is 5.73 Å². The van der Waals surface area contributed by atoms with E-state index in [4.69, 9.17) is 5.73 Å². The van der Waals surface area contributed by atoms with E-state index in [2.05, 4.69) is 9.82 Å². The van der Waals surface area contributed by atoms with Crippen molar-refractivity contribution in [2.75, 3.05) is 18.8 Å². The average Bonchev–Trinajstić information content (AvgIpc) is 3.07. The van der Waals surface area contributed by atoms with Gasteiger partial charge in [-0.15, -0.1) is 0 Å². The largest absolute Gasteiger partial charge is 0.382 e. The van der Waals surface area contributed by atoms with Crippen LogP contribution in [0.5, 0.6) is 0 Å². The van der Waals surface area contributed by atoms with Gasteiger partial charge >= 0.3 is 0 Å².